The van der Waals surface area contributed by atoms with Crippen LogP contribution in [0.1, 0.15) is 41.0 Å². The maximum absolute atomic E-state index is 12.0. The van der Waals surface area contributed by atoms with Crippen LogP contribution in [0.2, 0.25) is 0 Å². The highest BCUT2D eigenvalue weighted by Crippen LogP contribution is 2.60. The van der Waals surface area contributed by atoms with Gasteiger partial charge in [0.25, 0.3) is 0 Å². The predicted octanol–water partition coefficient (Wildman–Crippen LogP) is 2.34. The molecule has 1 saturated heterocycles. The number of amides is 1. The topological polar surface area (TPSA) is 97.2 Å². The lowest BCUT2D eigenvalue weighted by Gasteiger charge is -2.49. The van der Waals surface area contributed by atoms with Crippen molar-refractivity contribution < 1.29 is 29.2 Å². The molecule has 2 aliphatic carbocycles. The van der Waals surface area contributed by atoms with E-state index in [0.29, 0.717) is 12.2 Å². The van der Waals surface area contributed by atoms with Gasteiger partial charge in [-0.1, -0.05) is 38.7 Å². The monoisotopic (exact) mass is 461 g/mol. The number of ether oxygens (including phenoxy) is 3. The molecule has 2 fully saturated rings. The molecule has 1 spiro atoms. The van der Waals surface area contributed by atoms with Crippen molar-refractivity contribution in [2.75, 3.05) is 7.11 Å². The van der Waals surface area contributed by atoms with Gasteiger partial charge in [-0.25, -0.2) is 0 Å². The molecule has 184 valence electrons. The van der Waals surface area contributed by atoms with Gasteiger partial charge in [-0.15, -0.1) is 0 Å². The first kappa shape index (κ1) is 24.5. The van der Waals surface area contributed by atoms with Gasteiger partial charge in [-0.05, 0) is 25.8 Å². The zero-order valence-corrected chi connectivity index (χ0v) is 20.5. The van der Waals surface area contributed by atoms with Crippen LogP contribution in [0, 0.1) is 29.6 Å². The van der Waals surface area contributed by atoms with Crippen LogP contribution in [0.3, 0.4) is 0 Å². The van der Waals surface area contributed by atoms with E-state index in [-0.39, 0.29) is 47.6 Å². The van der Waals surface area contributed by atoms with Crippen molar-refractivity contribution in [2.45, 2.75) is 83.2 Å². The van der Waals surface area contributed by atoms with Gasteiger partial charge in [0.2, 0.25) is 5.91 Å². The average Bonchev–Trinajstić information content (AvgIpc) is 2.94. The highest BCUT2D eigenvalue weighted by Gasteiger charge is 2.68. The van der Waals surface area contributed by atoms with Gasteiger partial charge in [0.1, 0.15) is 23.6 Å². The summed E-state index contributed by atoms with van der Waals surface area (Å²) in [4.78, 5) is 12.0. The number of carbonyl (C=O) groups excluding carboxylic acids is 1. The summed E-state index contributed by atoms with van der Waals surface area (Å²) in [6.45, 7) is 13.4. The third kappa shape index (κ3) is 3.77. The summed E-state index contributed by atoms with van der Waals surface area (Å²) in [6.07, 6.45) is 4.58. The summed E-state index contributed by atoms with van der Waals surface area (Å²) >= 11 is 0. The number of hydrogen-bond acceptors (Lipinski definition) is 6. The predicted molar refractivity (Wildman–Crippen MR) is 124 cm³/mol. The zero-order chi connectivity index (χ0) is 24.2. The minimum atomic E-state index is -0.739. The van der Waals surface area contributed by atoms with Crippen molar-refractivity contribution in [3.8, 4) is 0 Å². The largest absolute Gasteiger partial charge is 0.489 e. The highest BCUT2D eigenvalue weighted by molar-refractivity contribution is 5.73. The maximum atomic E-state index is 12.0. The molecule has 1 unspecified atom stereocenters. The number of aliphatic hydroxyl groups is 2. The molecule has 1 amide bonds. The summed E-state index contributed by atoms with van der Waals surface area (Å²) in [6, 6.07) is -0.274. The second kappa shape index (κ2) is 8.84. The van der Waals surface area contributed by atoms with E-state index in [1.807, 2.05) is 13.8 Å². The first-order valence-corrected chi connectivity index (χ1v) is 12.1. The van der Waals surface area contributed by atoms with Crippen LogP contribution >= 0.6 is 0 Å². The molecule has 0 radical (unpaired) electrons. The minimum Gasteiger partial charge on any atom is -0.489 e. The third-order valence-corrected chi connectivity index (χ3v) is 8.46. The van der Waals surface area contributed by atoms with E-state index in [1.165, 1.54) is 6.92 Å². The summed E-state index contributed by atoms with van der Waals surface area (Å²) in [5.41, 5.74) is 0.282. The Balaban J connectivity index is 1.85. The molecule has 0 aromatic heterocycles. The van der Waals surface area contributed by atoms with Crippen molar-refractivity contribution in [1.82, 2.24) is 5.32 Å². The van der Waals surface area contributed by atoms with Gasteiger partial charge in [-0.3, -0.25) is 4.79 Å². The van der Waals surface area contributed by atoms with Crippen molar-refractivity contribution >= 4 is 5.91 Å². The Morgan fingerprint density at radius 2 is 2.06 bits per heavy atom. The smallest absolute Gasteiger partial charge is 0.217 e. The quantitative estimate of drug-likeness (QED) is 0.558. The molecule has 2 heterocycles. The Morgan fingerprint density at radius 1 is 1.36 bits per heavy atom. The van der Waals surface area contributed by atoms with E-state index < -0.39 is 30.0 Å². The van der Waals surface area contributed by atoms with Crippen LogP contribution < -0.4 is 5.32 Å². The molecule has 0 aromatic carbocycles. The molecule has 1 saturated carbocycles. The van der Waals surface area contributed by atoms with Gasteiger partial charge in [0.05, 0.1) is 24.4 Å². The molecule has 4 rings (SSSR count). The van der Waals surface area contributed by atoms with Crippen LogP contribution in [-0.4, -0.2) is 65.4 Å². The molecule has 0 aromatic rings. The first-order chi connectivity index (χ1) is 15.5. The maximum Gasteiger partial charge on any atom is 0.217 e. The SMILES string of the molecule is C=C1O[C@H]([C@@H](C)O)[C@H](C)/C=C(\C)[C@]23O[C@@H]4[C@H](C=C[C@@H]2C[C@@H]1OC)[C@H]3[C@H](O)C(C)[C@@H]4NC(C)=O. The fourth-order valence-corrected chi connectivity index (χ4v) is 6.93. The third-order valence-electron chi connectivity index (χ3n) is 8.46. The molecule has 4 bridgehead atoms. The van der Waals surface area contributed by atoms with E-state index in [9.17, 15) is 15.0 Å². The Morgan fingerprint density at radius 3 is 2.67 bits per heavy atom. The lowest BCUT2D eigenvalue weighted by molar-refractivity contribution is -0.123. The Hall–Kier alpha value is -1.67. The first-order valence-electron chi connectivity index (χ1n) is 12.1. The Labute approximate surface area is 196 Å². The Bertz CT molecular complexity index is 852. The molecule has 2 aliphatic heterocycles. The lowest BCUT2D eigenvalue weighted by atomic mass is 9.57. The molecule has 3 N–H and O–H groups in total. The van der Waals surface area contributed by atoms with E-state index in [1.54, 1.807) is 14.0 Å². The summed E-state index contributed by atoms with van der Waals surface area (Å²) < 4.78 is 18.9. The van der Waals surface area contributed by atoms with E-state index in [2.05, 4.69) is 37.0 Å². The second-order valence-corrected chi connectivity index (χ2v) is 10.5. The van der Waals surface area contributed by atoms with Gasteiger partial charge < -0.3 is 29.7 Å². The summed E-state index contributed by atoms with van der Waals surface area (Å²) in [5, 5.41) is 25.1. The summed E-state index contributed by atoms with van der Waals surface area (Å²) in [5.74, 6) is -0.120. The van der Waals surface area contributed by atoms with E-state index >= 15 is 0 Å². The van der Waals surface area contributed by atoms with Crippen molar-refractivity contribution in [3.63, 3.8) is 0 Å². The van der Waals surface area contributed by atoms with Crippen LogP contribution in [0.15, 0.2) is 36.1 Å². The van der Waals surface area contributed by atoms with Crippen molar-refractivity contribution in [3.05, 3.63) is 36.1 Å². The number of hydrogen-bond donors (Lipinski definition) is 3. The lowest BCUT2D eigenvalue weighted by Crippen LogP contribution is -2.59. The molecule has 7 nitrogen and oxygen atoms in total. The van der Waals surface area contributed by atoms with Crippen LogP contribution in [0.25, 0.3) is 0 Å². The molecule has 33 heavy (non-hydrogen) atoms. The van der Waals surface area contributed by atoms with Crippen LogP contribution in [0.5, 0.6) is 0 Å². The van der Waals surface area contributed by atoms with Gasteiger partial charge in [-0.2, -0.15) is 0 Å². The van der Waals surface area contributed by atoms with Crippen molar-refractivity contribution in [2.24, 2.45) is 29.6 Å². The molecular formula is C26H39NO6. The number of nitrogens with one attached hydrogen (secondary N) is 1. The number of methoxy groups -OCH3 is 1. The zero-order valence-electron chi connectivity index (χ0n) is 20.5. The Kier molecular flexibility index (Phi) is 6.55. The number of carbonyl (C=O) groups is 1. The van der Waals surface area contributed by atoms with Crippen LogP contribution in [0.4, 0.5) is 0 Å². The number of rotatable bonds is 3. The fraction of sp³-hybridized carbons (Fsp3) is 0.731. The average molecular weight is 462 g/mol. The van der Waals surface area contributed by atoms with E-state index in [4.69, 9.17) is 14.2 Å². The van der Waals surface area contributed by atoms with Crippen LogP contribution in [-0.2, 0) is 19.0 Å². The van der Waals surface area contributed by atoms with Gasteiger partial charge in [0.15, 0.2) is 0 Å². The molecular weight excluding hydrogens is 422 g/mol. The van der Waals surface area contributed by atoms with Gasteiger partial charge >= 0.3 is 0 Å². The molecule has 7 heteroatoms. The standard InChI is InChI=1S/C26H39NO6/c1-12-10-13(2)26-18(11-20(31-7)16(5)32-24(12)15(4)28)8-9-19-21(26)23(30)14(3)22(25(19)33-26)27-17(6)29/h8-10,12,14-15,18-25,28,30H,5,11H2,1-4,6-7H3,(H,27,29)/b13-10+/t12-,14?,15-,18-,19-,20+,21+,22+,23-,24+,25-,26+/m1/s1. The normalized spacial score (nSPS) is 49.3. The molecule has 12 atom stereocenters. The fourth-order valence-electron chi connectivity index (χ4n) is 6.93. The van der Waals surface area contributed by atoms with E-state index in [0.717, 1.165) is 5.57 Å². The molecule has 4 aliphatic rings. The second-order valence-electron chi connectivity index (χ2n) is 10.5. The van der Waals surface area contributed by atoms with Crippen molar-refractivity contribution in [1.29, 1.82) is 0 Å². The summed E-state index contributed by atoms with van der Waals surface area (Å²) in [7, 11) is 1.63. The number of aliphatic hydroxyl groups excluding tert-OH is 2. The minimum absolute atomic E-state index is 0.00101. The highest BCUT2D eigenvalue weighted by atomic mass is 16.5. The van der Waals surface area contributed by atoms with Gasteiger partial charge in [0, 0.05) is 43.6 Å².